The van der Waals surface area contributed by atoms with Crippen LogP contribution >= 0.6 is 0 Å². The predicted octanol–water partition coefficient (Wildman–Crippen LogP) is 4.35. The Hall–Kier alpha value is -2.98. The van der Waals surface area contributed by atoms with E-state index in [0.717, 1.165) is 24.8 Å². The largest absolute Gasteiger partial charge is 0.493 e. The monoisotopic (exact) mass is 568 g/mol. The Morgan fingerprint density at radius 1 is 1.07 bits per heavy atom. The number of carboxylic acids is 1. The molecule has 0 amide bonds. The molecule has 9 nitrogen and oxygen atoms in total. The quantitative estimate of drug-likeness (QED) is 0.213. The Morgan fingerprint density at radius 3 is 2.10 bits per heavy atom. The molecule has 1 unspecified atom stereocenters. The minimum absolute atomic E-state index is 0.156. The smallest absolute Gasteiger partial charge is 0.324 e. The Labute approximate surface area is 242 Å². The number of fused-ring (bicyclic) bond motifs is 1. The van der Waals surface area contributed by atoms with Gasteiger partial charge in [0.05, 0.1) is 19.3 Å². The van der Waals surface area contributed by atoms with Crippen molar-refractivity contribution >= 4 is 11.8 Å². The first-order valence-electron chi connectivity index (χ1n) is 14.6. The van der Waals surface area contributed by atoms with Crippen LogP contribution in [-0.4, -0.2) is 71.7 Å². The molecule has 2 atom stereocenters. The van der Waals surface area contributed by atoms with Gasteiger partial charge >= 0.3 is 5.97 Å². The van der Waals surface area contributed by atoms with Crippen LogP contribution in [0.4, 0.5) is 0 Å². The fourth-order valence-corrected chi connectivity index (χ4v) is 6.21. The molecule has 2 aliphatic rings. The van der Waals surface area contributed by atoms with E-state index in [-0.39, 0.29) is 30.8 Å². The fraction of sp³-hybridized carbons (Fsp3) is 0.562. The average Bonchev–Trinajstić information content (AvgIpc) is 3.33. The summed E-state index contributed by atoms with van der Waals surface area (Å²) >= 11 is 0. The van der Waals surface area contributed by atoms with Gasteiger partial charge in [-0.2, -0.15) is 0 Å². The maximum absolute atomic E-state index is 12.5. The van der Waals surface area contributed by atoms with Gasteiger partial charge in [-0.15, -0.1) is 0 Å². The third kappa shape index (κ3) is 6.75. The zero-order valence-electron chi connectivity index (χ0n) is 24.8. The first-order chi connectivity index (χ1) is 19.6. The number of aliphatic carboxylic acids is 1. The molecule has 0 heterocycles. The third-order valence-electron chi connectivity index (χ3n) is 8.57. The Morgan fingerprint density at radius 2 is 1.63 bits per heavy atom. The lowest BCUT2D eigenvalue weighted by Gasteiger charge is -2.47. The van der Waals surface area contributed by atoms with Gasteiger partial charge in [-0.3, -0.25) is 19.8 Å². The number of benzene rings is 2. The number of ketones is 1. The summed E-state index contributed by atoms with van der Waals surface area (Å²) in [5.74, 6) is 0.126. The number of carbonyl (C=O) groups excluding carboxylic acids is 1. The molecule has 0 spiro atoms. The molecule has 9 heteroatoms. The molecule has 224 valence electrons. The number of aliphatic hydroxyl groups excluding tert-OH is 1. The molecule has 1 saturated carbocycles. The normalized spacial score (nSPS) is 21.7. The van der Waals surface area contributed by atoms with Gasteiger partial charge in [-0.1, -0.05) is 24.3 Å². The van der Waals surface area contributed by atoms with E-state index in [2.05, 4.69) is 29.6 Å². The van der Waals surface area contributed by atoms with Crippen LogP contribution in [0.5, 0.6) is 11.5 Å². The van der Waals surface area contributed by atoms with E-state index in [9.17, 15) is 19.8 Å². The van der Waals surface area contributed by atoms with Crippen molar-refractivity contribution in [1.82, 2.24) is 10.2 Å². The van der Waals surface area contributed by atoms with Crippen molar-refractivity contribution < 1.29 is 34.0 Å². The molecule has 0 aliphatic heterocycles. The summed E-state index contributed by atoms with van der Waals surface area (Å²) in [6.45, 7) is 8.45. The molecule has 2 aliphatic carbocycles. The SMILES string of the molecule is CCOc1cc([C@@H](C)N(CCC2Cc3ccccc3C2)C(O)NC2(C(=O)O)CC(OC)C2)cc(OCC)c1C(C)=O. The highest BCUT2D eigenvalue weighted by Crippen LogP contribution is 2.39. The van der Waals surface area contributed by atoms with Gasteiger partial charge in [-0.25, -0.2) is 0 Å². The number of carbonyl (C=O) groups is 2. The second-order valence-electron chi connectivity index (χ2n) is 11.2. The van der Waals surface area contributed by atoms with Gasteiger partial charge in [0.1, 0.15) is 22.6 Å². The van der Waals surface area contributed by atoms with Gasteiger partial charge < -0.3 is 24.4 Å². The number of aliphatic hydroxyl groups is 1. The highest BCUT2D eigenvalue weighted by molar-refractivity contribution is 5.99. The number of nitrogens with one attached hydrogen (secondary N) is 1. The topological polar surface area (TPSA) is 118 Å². The number of ether oxygens (including phenoxy) is 3. The second-order valence-corrected chi connectivity index (χ2v) is 11.2. The van der Waals surface area contributed by atoms with E-state index >= 15 is 0 Å². The summed E-state index contributed by atoms with van der Waals surface area (Å²) in [5.41, 5.74) is 2.65. The molecular weight excluding hydrogens is 524 g/mol. The van der Waals surface area contributed by atoms with Gasteiger partial charge in [0.25, 0.3) is 0 Å². The van der Waals surface area contributed by atoms with Crippen molar-refractivity contribution in [2.24, 2.45) is 5.92 Å². The van der Waals surface area contributed by atoms with Crippen LogP contribution in [0.3, 0.4) is 0 Å². The molecule has 3 N–H and O–H groups in total. The molecule has 2 aromatic carbocycles. The summed E-state index contributed by atoms with van der Waals surface area (Å²) in [5, 5.41) is 24.7. The van der Waals surface area contributed by atoms with Crippen LogP contribution in [-0.2, 0) is 22.4 Å². The maximum Gasteiger partial charge on any atom is 0.324 e. The minimum Gasteiger partial charge on any atom is -0.493 e. The Bertz CT molecular complexity index is 1170. The molecule has 0 aromatic heterocycles. The summed E-state index contributed by atoms with van der Waals surface area (Å²) in [6, 6.07) is 11.8. The van der Waals surface area contributed by atoms with Crippen molar-refractivity contribution in [2.45, 2.75) is 83.8 Å². The third-order valence-corrected chi connectivity index (χ3v) is 8.57. The van der Waals surface area contributed by atoms with E-state index < -0.39 is 17.9 Å². The molecule has 0 saturated heterocycles. The summed E-state index contributed by atoms with van der Waals surface area (Å²) < 4.78 is 17.1. The van der Waals surface area contributed by atoms with Crippen molar-refractivity contribution in [1.29, 1.82) is 0 Å². The maximum atomic E-state index is 12.5. The number of carboxylic acid groups (broad SMARTS) is 1. The van der Waals surface area contributed by atoms with Gasteiger partial charge in [0.15, 0.2) is 12.1 Å². The predicted molar refractivity (Wildman–Crippen MR) is 155 cm³/mol. The molecular formula is C32H44N2O7. The van der Waals surface area contributed by atoms with Gasteiger partial charge in [0, 0.05) is 32.5 Å². The first kappa shape index (κ1) is 31.0. The number of nitrogens with zero attached hydrogens (tertiary/aromatic N) is 1. The molecule has 4 rings (SSSR count). The van der Waals surface area contributed by atoms with Crippen LogP contribution in [0.15, 0.2) is 36.4 Å². The zero-order valence-corrected chi connectivity index (χ0v) is 24.8. The number of hydrogen-bond donors (Lipinski definition) is 3. The lowest BCUT2D eigenvalue weighted by molar-refractivity contribution is -0.166. The standard InChI is InChI=1S/C32H44N2O7/c1-6-40-27-16-25(17-28(41-7-2)29(27)21(4)35)20(3)34(13-12-22-14-23-10-8-9-11-24(23)15-22)31(38)33-32(30(36)37)18-26(19-32)39-5/h8-11,16-17,20,22,26,31,33,38H,6-7,12-15,18-19H2,1-5H3,(H,36,37)/t20-,26?,31?,32?/m1/s1. The number of hydrogen-bond acceptors (Lipinski definition) is 8. The molecule has 41 heavy (non-hydrogen) atoms. The summed E-state index contributed by atoms with van der Waals surface area (Å²) in [6.07, 6.45) is 1.91. The van der Waals surface area contributed by atoms with Crippen LogP contribution in [0.1, 0.15) is 80.0 Å². The lowest BCUT2D eigenvalue weighted by atomic mass is 9.74. The summed E-state index contributed by atoms with van der Waals surface area (Å²) in [4.78, 5) is 26.7. The van der Waals surface area contributed by atoms with Crippen molar-refractivity contribution in [3.63, 3.8) is 0 Å². The highest BCUT2D eigenvalue weighted by atomic mass is 16.5. The van der Waals surface area contributed by atoms with Crippen molar-refractivity contribution in [3.8, 4) is 11.5 Å². The lowest BCUT2D eigenvalue weighted by Crippen LogP contribution is -2.68. The molecule has 2 aromatic rings. The van der Waals surface area contributed by atoms with E-state index in [1.807, 2.05) is 37.8 Å². The van der Waals surface area contributed by atoms with Crippen LogP contribution < -0.4 is 14.8 Å². The first-order valence-corrected chi connectivity index (χ1v) is 14.6. The minimum atomic E-state index is -1.27. The van der Waals surface area contributed by atoms with Crippen LogP contribution in [0.25, 0.3) is 0 Å². The van der Waals surface area contributed by atoms with E-state index in [4.69, 9.17) is 14.2 Å². The second kappa shape index (κ2) is 13.3. The average molecular weight is 569 g/mol. The number of Topliss-reactive ketones (excluding diaryl/α,β-unsaturated/α-hetero) is 1. The molecule has 0 bridgehead atoms. The fourth-order valence-electron chi connectivity index (χ4n) is 6.21. The van der Waals surface area contributed by atoms with Crippen LogP contribution in [0.2, 0.25) is 0 Å². The molecule has 1 fully saturated rings. The van der Waals surface area contributed by atoms with Crippen molar-refractivity contribution in [2.75, 3.05) is 26.9 Å². The Kier molecular flexibility index (Phi) is 10.1. The molecule has 0 radical (unpaired) electrons. The highest BCUT2D eigenvalue weighted by Gasteiger charge is 2.52. The van der Waals surface area contributed by atoms with Crippen molar-refractivity contribution in [3.05, 3.63) is 58.7 Å². The number of rotatable bonds is 15. The van der Waals surface area contributed by atoms with E-state index in [1.54, 1.807) is 7.11 Å². The number of methoxy groups -OCH3 is 1. The van der Waals surface area contributed by atoms with E-state index in [1.165, 1.54) is 18.1 Å². The van der Waals surface area contributed by atoms with Crippen LogP contribution in [0, 0.1) is 5.92 Å². The van der Waals surface area contributed by atoms with Gasteiger partial charge in [0.2, 0.25) is 0 Å². The zero-order chi connectivity index (χ0) is 29.7. The Balaban J connectivity index is 1.63. The van der Waals surface area contributed by atoms with E-state index in [0.29, 0.717) is 42.7 Å². The van der Waals surface area contributed by atoms with Gasteiger partial charge in [-0.05, 0) is 81.7 Å². The summed E-state index contributed by atoms with van der Waals surface area (Å²) in [7, 11) is 1.57.